The predicted octanol–water partition coefficient (Wildman–Crippen LogP) is 15.0. The summed E-state index contributed by atoms with van der Waals surface area (Å²) in [4.78, 5) is 140. The molecule has 8 aliphatic rings. The van der Waals surface area contributed by atoms with Crippen LogP contribution in [0, 0.1) is 10.1 Å². The molecule has 114 heavy (non-hydrogen) atoms. The molecule has 24 heteroatoms. The molecular formula is C90H104N10O14. The van der Waals surface area contributed by atoms with E-state index >= 15 is 0 Å². The lowest BCUT2D eigenvalue weighted by atomic mass is 9.86. The standard InChI is InChI=1S/C12H14N2O3.C12H16N2O.C12H13NO2.C12H15NO.C10H9NO2.C10H11NO.C10H13N.C8H7NO.C4H6O3/c1-8(15)13-7-12(2,3)10-6-9(14(16)17)4-5-11(10)13;1-8(15)14-7-12(2,3)10-6-9(13)4-5-11(10)14;1-8(14)13-10-7-5-4-6-9(10)12(2,3)11(13)15;1-9(14)13-8-12(2,3)10-6-4-5-7-11(10)13;1-7(12)11-9-5-3-2-4-8(9)6-10(11)13;1-10(2)7-5-3-4-6-8(7)11-9(10)12;1-10(2)7-11-9-6-4-3-5-8(9)10;10-8-5-6-3-1-2-4-7(6)9-8;1-3(5)7-4(2)6/h4-6H,7H2,1-3H3;4-6H,7,13H2,1-3H3;4-7H,1-3H3;4-7H,8H2,1-3H3;2-5H,6H2,1H3;3-6H,1-2H3,(H,11,12);3-6,11H,7H2,1-2H3;1-4H,5H2,(H,9,10);1-2H3. The minimum Gasteiger partial charge on any atom is -0.399 e. The zero-order chi connectivity index (χ0) is 84.5. The number of esters is 2. The number of anilines is 9. The molecule has 0 saturated carbocycles. The van der Waals surface area contributed by atoms with Crippen molar-refractivity contribution in [2.45, 2.75) is 177 Å². The number of imide groups is 2. The summed E-state index contributed by atoms with van der Waals surface area (Å²) in [5, 5.41) is 19.7. The molecule has 0 unspecified atom stereocenters. The van der Waals surface area contributed by atoms with E-state index in [0.29, 0.717) is 24.8 Å². The lowest BCUT2D eigenvalue weighted by molar-refractivity contribution is -0.384. The molecule has 16 rings (SSSR count). The Bertz CT molecular complexity index is 5050. The highest BCUT2D eigenvalue weighted by molar-refractivity contribution is 6.22. The van der Waals surface area contributed by atoms with Gasteiger partial charge in [0.25, 0.3) is 5.69 Å². The van der Waals surface area contributed by atoms with Crippen LogP contribution < -0.4 is 46.2 Å². The van der Waals surface area contributed by atoms with Gasteiger partial charge in [-0.05, 0) is 133 Å². The van der Waals surface area contributed by atoms with Crippen LogP contribution in [-0.2, 0) is 103 Å². The maximum absolute atomic E-state index is 12.0. The number of carbonyl (C=O) groups is 11. The van der Waals surface area contributed by atoms with Gasteiger partial charge in [0.2, 0.25) is 53.2 Å². The molecule has 0 radical (unpaired) electrons. The number of nitrogens with one attached hydrogen (secondary N) is 3. The second kappa shape index (κ2) is 35.1. The third kappa shape index (κ3) is 19.9. The van der Waals surface area contributed by atoms with E-state index < -0.39 is 22.3 Å². The van der Waals surface area contributed by atoms with Crippen LogP contribution in [0.4, 0.5) is 56.9 Å². The second-order valence-electron chi connectivity index (χ2n) is 32.4. The molecule has 8 heterocycles. The van der Waals surface area contributed by atoms with Crippen molar-refractivity contribution in [3.63, 3.8) is 0 Å². The first-order chi connectivity index (χ1) is 53.2. The maximum atomic E-state index is 12.0. The van der Waals surface area contributed by atoms with Gasteiger partial charge in [-0.3, -0.25) is 67.8 Å². The van der Waals surface area contributed by atoms with E-state index in [1.807, 2.05) is 179 Å². The number of rotatable bonds is 1. The zero-order valence-electron chi connectivity index (χ0n) is 68.5. The Morgan fingerprint density at radius 3 is 1.31 bits per heavy atom. The summed E-state index contributed by atoms with van der Waals surface area (Å²) in [6, 6.07) is 57.4. The highest BCUT2D eigenvalue weighted by atomic mass is 16.6. The number of nitrogens with zero attached hydrogens (tertiary/aromatic N) is 6. The number of benzene rings is 8. The number of amides is 9. The molecule has 0 aliphatic carbocycles. The van der Waals surface area contributed by atoms with Gasteiger partial charge in [0.15, 0.2) is 0 Å². The van der Waals surface area contributed by atoms with Crippen LogP contribution in [-0.4, -0.2) is 96.2 Å². The van der Waals surface area contributed by atoms with Gasteiger partial charge in [-0.15, -0.1) is 0 Å². The Morgan fingerprint density at radius 2 is 0.825 bits per heavy atom. The van der Waals surface area contributed by atoms with E-state index in [-0.39, 0.29) is 80.5 Å². The Kier molecular flexibility index (Phi) is 26.8. The molecule has 8 aromatic rings. The van der Waals surface area contributed by atoms with Crippen molar-refractivity contribution in [2.75, 3.05) is 72.4 Å². The van der Waals surface area contributed by atoms with Crippen molar-refractivity contribution in [1.29, 1.82) is 0 Å². The van der Waals surface area contributed by atoms with Crippen molar-refractivity contribution < 1.29 is 62.4 Å². The first kappa shape index (κ1) is 87.1. The zero-order valence-corrected chi connectivity index (χ0v) is 68.5. The summed E-state index contributed by atoms with van der Waals surface area (Å²) in [6.45, 7) is 37.8. The molecule has 598 valence electrons. The summed E-state index contributed by atoms with van der Waals surface area (Å²) in [7, 11) is 0. The number of fused-ring (bicyclic) bond motifs is 8. The van der Waals surface area contributed by atoms with E-state index in [4.69, 9.17) is 5.73 Å². The number of ether oxygens (including phenoxy) is 1. The first-order valence-electron chi connectivity index (χ1n) is 37.5. The highest BCUT2D eigenvalue weighted by Crippen LogP contribution is 2.46. The first-order valence-corrected chi connectivity index (χ1v) is 37.5. The Morgan fingerprint density at radius 1 is 0.404 bits per heavy atom. The molecular weight excluding hydrogens is 1450 g/mol. The lowest BCUT2D eigenvalue weighted by Crippen LogP contribution is -2.38. The number of nitrogen functional groups attached to an aromatic ring is 1. The molecule has 0 fully saturated rings. The van der Waals surface area contributed by atoms with E-state index in [1.165, 1.54) is 67.3 Å². The molecule has 5 N–H and O–H groups in total. The fourth-order valence-electron chi connectivity index (χ4n) is 14.7. The largest absolute Gasteiger partial charge is 0.399 e. The van der Waals surface area contributed by atoms with Crippen LogP contribution in [0.15, 0.2) is 182 Å². The summed E-state index contributed by atoms with van der Waals surface area (Å²) in [6.07, 6.45) is 0.881. The van der Waals surface area contributed by atoms with Crippen LogP contribution in [0.25, 0.3) is 0 Å². The second-order valence-corrected chi connectivity index (χ2v) is 32.4. The number of nitro groups is 1. The summed E-state index contributed by atoms with van der Waals surface area (Å²) >= 11 is 0. The van der Waals surface area contributed by atoms with Gasteiger partial charge in [0.05, 0.1) is 40.0 Å². The van der Waals surface area contributed by atoms with Crippen LogP contribution in [0.2, 0.25) is 0 Å². The molecule has 0 bridgehead atoms. The van der Waals surface area contributed by atoms with E-state index in [2.05, 4.69) is 92.6 Å². The van der Waals surface area contributed by atoms with Gasteiger partial charge in [-0.25, -0.2) is 4.90 Å². The topological polar surface area (TPSA) is 318 Å². The molecule has 0 aromatic heterocycles. The number of nitro benzene ring substituents is 1. The fraction of sp³-hybridized carbons (Fsp3) is 0.344. The van der Waals surface area contributed by atoms with Crippen molar-refractivity contribution in [2.24, 2.45) is 0 Å². The van der Waals surface area contributed by atoms with Crippen molar-refractivity contribution in [1.82, 2.24) is 0 Å². The maximum Gasteiger partial charge on any atom is 0.310 e. The number of hydrogen-bond acceptors (Lipinski definition) is 16. The molecule has 9 amide bonds. The average Bonchev–Trinajstić information content (AvgIpc) is 1.58. The number of para-hydroxylation sites is 6. The van der Waals surface area contributed by atoms with Crippen molar-refractivity contribution in [3.8, 4) is 0 Å². The Labute approximate surface area is 666 Å². The Hall–Kier alpha value is -12.5. The van der Waals surface area contributed by atoms with Crippen LogP contribution in [0.5, 0.6) is 0 Å². The number of non-ortho nitro benzene ring substituents is 1. The third-order valence-corrected chi connectivity index (χ3v) is 20.7. The summed E-state index contributed by atoms with van der Waals surface area (Å²) < 4.78 is 3.97. The number of carbonyl (C=O) groups excluding carboxylic acids is 11. The molecule has 24 nitrogen and oxygen atoms in total. The van der Waals surface area contributed by atoms with Crippen LogP contribution in [0.1, 0.15) is 176 Å². The minimum absolute atomic E-state index is 0.00359. The monoisotopic (exact) mass is 1550 g/mol. The normalized spacial score (nSPS) is 16.6. The highest BCUT2D eigenvalue weighted by Gasteiger charge is 2.46. The Balaban J connectivity index is 0.000000162. The van der Waals surface area contributed by atoms with Crippen LogP contribution >= 0.6 is 0 Å². The summed E-state index contributed by atoms with van der Waals surface area (Å²) in [5.74, 6) is -1.47. The fourth-order valence-corrected chi connectivity index (χ4v) is 14.7. The smallest absolute Gasteiger partial charge is 0.310 e. The van der Waals surface area contributed by atoms with E-state index in [1.54, 1.807) is 36.9 Å². The quantitative estimate of drug-likeness (QED) is 0.0390. The molecule has 0 spiro atoms. The van der Waals surface area contributed by atoms with E-state index in [0.717, 1.165) is 98.5 Å². The third-order valence-electron chi connectivity index (χ3n) is 20.7. The molecule has 8 aromatic carbocycles. The number of nitrogens with two attached hydrogens (primary N) is 1. The van der Waals surface area contributed by atoms with Gasteiger partial charge in [0.1, 0.15) is 0 Å². The van der Waals surface area contributed by atoms with Crippen molar-refractivity contribution in [3.05, 3.63) is 237 Å². The van der Waals surface area contributed by atoms with Gasteiger partial charge in [0, 0.05) is 148 Å². The molecule has 0 atom stereocenters. The number of hydrogen-bond donors (Lipinski definition) is 4. The van der Waals surface area contributed by atoms with Gasteiger partial charge in [-0.1, -0.05) is 165 Å². The van der Waals surface area contributed by atoms with Crippen molar-refractivity contribution >= 4 is 122 Å². The van der Waals surface area contributed by atoms with Crippen LogP contribution in [0.3, 0.4) is 0 Å². The van der Waals surface area contributed by atoms with E-state index in [9.17, 15) is 62.9 Å². The average molecular weight is 1550 g/mol. The van der Waals surface area contributed by atoms with Gasteiger partial charge < -0.3 is 41.1 Å². The van der Waals surface area contributed by atoms with Gasteiger partial charge in [-0.2, -0.15) is 0 Å². The summed E-state index contributed by atoms with van der Waals surface area (Å²) in [5.41, 5.74) is 22.1. The molecule has 0 saturated heterocycles. The predicted molar refractivity (Wildman–Crippen MR) is 447 cm³/mol. The van der Waals surface area contributed by atoms with Gasteiger partial charge >= 0.3 is 11.9 Å². The minimum atomic E-state index is -0.595. The lowest BCUT2D eigenvalue weighted by Gasteiger charge is -2.19. The molecule has 8 aliphatic heterocycles. The SMILES string of the molecule is CC(=O)N1C(=O)C(C)(C)c2ccccc21.CC(=O)N1C(=O)Cc2ccccc21.CC(=O)N1CC(C)(C)c2cc(N)ccc21.CC(=O)N1CC(C)(C)c2cc([N+](=O)[O-])ccc21.CC(=O)N1CC(C)(C)c2ccccc21.CC(=O)OC(C)=O.CC1(C)C(=O)Nc2ccccc21.CC1(C)CNc2ccccc21.O=C1Cc2ccccc2N1.